The normalized spacial score (nSPS) is 12.0. The summed E-state index contributed by atoms with van der Waals surface area (Å²) in [5, 5.41) is 4.28. The summed E-state index contributed by atoms with van der Waals surface area (Å²) in [6.07, 6.45) is 3.45. The zero-order valence-electron chi connectivity index (χ0n) is 17.2. The van der Waals surface area contributed by atoms with Gasteiger partial charge in [-0.15, -0.1) is 0 Å². The SMILES string of the molecule is CC(=CC[P+](c1ccccc1)(c1ccccc1)c1ccccc1)Sc1ccccc1. The predicted molar refractivity (Wildman–Crippen MR) is 136 cm³/mol. The van der Waals surface area contributed by atoms with Crippen molar-refractivity contribution < 1.29 is 0 Å². The van der Waals surface area contributed by atoms with Gasteiger partial charge in [0.05, 0.1) is 6.16 Å². The molecule has 0 unspecified atom stereocenters. The van der Waals surface area contributed by atoms with Crippen LogP contribution in [0.4, 0.5) is 0 Å². The molecule has 0 heterocycles. The van der Waals surface area contributed by atoms with Gasteiger partial charge in [0.1, 0.15) is 23.2 Å². The van der Waals surface area contributed by atoms with Gasteiger partial charge in [-0.1, -0.05) is 84.6 Å². The Kier molecular flexibility index (Phi) is 6.84. The van der Waals surface area contributed by atoms with E-state index >= 15 is 0 Å². The highest BCUT2D eigenvalue weighted by Crippen LogP contribution is 2.55. The standard InChI is InChI=1S/C28H26PS/c1-24(30-28-20-12-5-13-21-28)22-23-29(25-14-6-2-7-15-25,26-16-8-3-9-17-26)27-18-10-4-11-19-27/h2-22H,23H2,1H3/q+1. The lowest BCUT2D eigenvalue weighted by Crippen LogP contribution is -2.32. The molecule has 0 nitrogen and oxygen atoms in total. The molecule has 0 fully saturated rings. The zero-order valence-corrected chi connectivity index (χ0v) is 18.9. The Morgan fingerprint density at radius 3 is 1.37 bits per heavy atom. The minimum Gasteiger partial charge on any atom is -0.0950 e. The van der Waals surface area contributed by atoms with Gasteiger partial charge in [0.2, 0.25) is 0 Å². The van der Waals surface area contributed by atoms with Gasteiger partial charge in [-0.2, -0.15) is 0 Å². The summed E-state index contributed by atoms with van der Waals surface area (Å²) in [5.74, 6) is 0. The smallest absolute Gasteiger partial charge is 0.0950 e. The molecular weight excluding hydrogens is 399 g/mol. The molecule has 0 atom stereocenters. The van der Waals surface area contributed by atoms with Crippen LogP contribution >= 0.6 is 19.0 Å². The lowest BCUT2D eigenvalue weighted by Gasteiger charge is -2.26. The Bertz CT molecular complexity index is 978. The first kappa shape index (κ1) is 20.7. The molecule has 0 saturated carbocycles. The molecule has 0 amide bonds. The number of thioether (sulfide) groups is 1. The highest BCUT2D eigenvalue weighted by Gasteiger charge is 2.44. The molecule has 0 N–H and O–H groups in total. The van der Waals surface area contributed by atoms with Crippen LogP contribution in [-0.2, 0) is 0 Å². The van der Waals surface area contributed by atoms with Crippen LogP contribution in [-0.4, -0.2) is 6.16 Å². The van der Waals surface area contributed by atoms with E-state index in [1.165, 1.54) is 25.7 Å². The summed E-state index contributed by atoms with van der Waals surface area (Å²) in [6.45, 7) is 2.23. The van der Waals surface area contributed by atoms with Crippen LogP contribution < -0.4 is 15.9 Å². The van der Waals surface area contributed by atoms with E-state index < -0.39 is 7.26 Å². The van der Waals surface area contributed by atoms with Crippen molar-refractivity contribution in [2.75, 3.05) is 6.16 Å². The molecule has 30 heavy (non-hydrogen) atoms. The third-order valence-electron chi connectivity index (χ3n) is 5.27. The van der Waals surface area contributed by atoms with Gasteiger partial charge >= 0.3 is 0 Å². The van der Waals surface area contributed by atoms with Crippen LogP contribution in [0.1, 0.15) is 6.92 Å². The van der Waals surface area contributed by atoms with Crippen molar-refractivity contribution in [2.45, 2.75) is 11.8 Å². The maximum atomic E-state index is 2.44. The van der Waals surface area contributed by atoms with Crippen molar-refractivity contribution in [1.82, 2.24) is 0 Å². The largest absolute Gasteiger partial charge is 0.116 e. The average molecular weight is 426 g/mol. The molecule has 0 bridgehead atoms. The topological polar surface area (TPSA) is 0 Å². The van der Waals surface area contributed by atoms with Gasteiger partial charge in [0.15, 0.2) is 0 Å². The minimum absolute atomic E-state index is 1.01. The molecule has 4 aromatic carbocycles. The van der Waals surface area contributed by atoms with Gasteiger partial charge in [0.25, 0.3) is 0 Å². The molecule has 0 spiro atoms. The van der Waals surface area contributed by atoms with E-state index in [0.29, 0.717) is 0 Å². The van der Waals surface area contributed by atoms with Gasteiger partial charge in [-0.3, -0.25) is 0 Å². The third-order valence-corrected chi connectivity index (χ3v) is 10.5. The second kappa shape index (κ2) is 9.94. The van der Waals surface area contributed by atoms with Gasteiger partial charge < -0.3 is 0 Å². The van der Waals surface area contributed by atoms with E-state index in [9.17, 15) is 0 Å². The maximum absolute atomic E-state index is 2.44. The first-order chi connectivity index (χ1) is 14.8. The summed E-state index contributed by atoms with van der Waals surface area (Å²) < 4.78 is 0. The van der Waals surface area contributed by atoms with Gasteiger partial charge in [-0.25, -0.2) is 0 Å². The number of rotatable bonds is 7. The molecule has 0 aromatic heterocycles. The molecule has 0 aliphatic heterocycles. The van der Waals surface area contributed by atoms with Crippen molar-refractivity contribution in [3.8, 4) is 0 Å². The van der Waals surface area contributed by atoms with Crippen molar-refractivity contribution >= 4 is 34.9 Å². The van der Waals surface area contributed by atoms with E-state index in [4.69, 9.17) is 0 Å². The average Bonchev–Trinajstić information content (AvgIpc) is 2.82. The Morgan fingerprint density at radius 2 is 0.967 bits per heavy atom. The quantitative estimate of drug-likeness (QED) is 0.235. The molecule has 0 radical (unpaired) electrons. The van der Waals surface area contributed by atoms with Crippen molar-refractivity contribution in [1.29, 1.82) is 0 Å². The van der Waals surface area contributed by atoms with Crippen molar-refractivity contribution in [3.63, 3.8) is 0 Å². The van der Waals surface area contributed by atoms with Gasteiger partial charge in [0, 0.05) is 4.90 Å². The first-order valence-corrected chi connectivity index (χ1v) is 13.0. The maximum Gasteiger partial charge on any atom is 0.116 e. The second-order valence-corrected chi connectivity index (χ2v) is 12.1. The Morgan fingerprint density at radius 1 is 0.600 bits per heavy atom. The molecule has 148 valence electrons. The van der Waals surface area contributed by atoms with Crippen LogP contribution in [0.2, 0.25) is 0 Å². The highest BCUT2D eigenvalue weighted by molar-refractivity contribution is 8.03. The van der Waals surface area contributed by atoms with Crippen molar-refractivity contribution in [3.05, 3.63) is 132 Å². The van der Waals surface area contributed by atoms with E-state index in [0.717, 1.165) is 6.16 Å². The number of hydrogen-bond acceptors (Lipinski definition) is 1. The van der Waals surface area contributed by atoms with Gasteiger partial charge in [-0.05, 0) is 66.4 Å². The third kappa shape index (κ3) is 4.59. The number of hydrogen-bond donors (Lipinski definition) is 0. The molecule has 4 rings (SSSR count). The Labute approximate surface area is 185 Å². The lowest BCUT2D eigenvalue weighted by atomic mass is 10.4. The molecule has 0 aliphatic carbocycles. The fourth-order valence-corrected chi connectivity index (χ4v) is 8.87. The summed E-state index contributed by atoms with van der Waals surface area (Å²) >= 11 is 1.85. The molecule has 2 heteroatoms. The Hall–Kier alpha value is -2.60. The van der Waals surface area contributed by atoms with Crippen molar-refractivity contribution in [2.24, 2.45) is 0 Å². The van der Waals surface area contributed by atoms with E-state index in [2.05, 4.69) is 134 Å². The van der Waals surface area contributed by atoms with Crippen LogP contribution in [0.15, 0.2) is 137 Å². The first-order valence-electron chi connectivity index (χ1n) is 10.2. The van der Waals surface area contributed by atoms with E-state index in [1.54, 1.807) is 0 Å². The molecular formula is C28H26PS+. The minimum atomic E-state index is -1.80. The summed E-state index contributed by atoms with van der Waals surface area (Å²) in [4.78, 5) is 2.63. The fraction of sp³-hybridized carbons (Fsp3) is 0.0714. The predicted octanol–water partition coefficient (Wildman–Crippen LogP) is 6.68. The highest BCUT2D eigenvalue weighted by atomic mass is 32.2. The molecule has 0 saturated heterocycles. The van der Waals surface area contributed by atoms with Crippen LogP contribution in [0.3, 0.4) is 0 Å². The lowest BCUT2D eigenvalue weighted by molar-refractivity contribution is 1.46. The summed E-state index contributed by atoms with van der Waals surface area (Å²) in [5.41, 5.74) is 0. The second-order valence-electron chi connectivity index (χ2n) is 7.23. The monoisotopic (exact) mass is 425 g/mol. The molecule has 4 aromatic rings. The van der Waals surface area contributed by atoms with Crippen LogP contribution in [0.25, 0.3) is 0 Å². The fourth-order valence-electron chi connectivity index (χ4n) is 3.79. The van der Waals surface area contributed by atoms with E-state index in [-0.39, 0.29) is 0 Å². The summed E-state index contributed by atoms with van der Waals surface area (Å²) in [6, 6.07) is 43.8. The summed E-state index contributed by atoms with van der Waals surface area (Å²) in [7, 11) is -1.80. The Balaban J connectivity index is 1.82. The molecule has 0 aliphatic rings. The number of allylic oxidation sites excluding steroid dienone is 2. The van der Waals surface area contributed by atoms with Crippen LogP contribution in [0.5, 0.6) is 0 Å². The van der Waals surface area contributed by atoms with E-state index in [1.807, 2.05) is 11.8 Å². The van der Waals surface area contributed by atoms with Crippen LogP contribution in [0, 0.1) is 0 Å². The number of benzene rings is 4. The zero-order chi connectivity index (χ0) is 20.7.